The van der Waals surface area contributed by atoms with Crippen LogP contribution in [-0.2, 0) is 4.79 Å². The van der Waals surface area contributed by atoms with Crippen LogP contribution in [-0.4, -0.2) is 79.0 Å². The van der Waals surface area contributed by atoms with Crippen LogP contribution in [0.25, 0.3) is 0 Å². The van der Waals surface area contributed by atoms with Crippen molar-refractivity contribution in [3.63, 3.8) is 0 Å². The monoisotopic (exact) mass is 558 g/mol. The lowest BCUT2D eigenvalue weighted by atomic mass is 10.0. The van der Waals surface area contributed by atoms with Crippen molar-refractivity contribution >= 4 is 11.7 Å². The van der Waals surface area contributed by atoms with Crippen molar-refractivity contribution in [1.29, 1.82) is 0 Å². The molecule has 1 saturated heterocycles. The van der Waals surface area contributed by atoms with Gasteiger partial charge in [-0.2, -0.15) is 0 Å². The highest BCUT2D eigenvalue weighted by Crippen LogP contribution is 2.23. The Hall–Kier alpha value is -3.01. The summed E-state index contributed by atoms with van der Waals surface area (Å²) < 4.78 is 23.0. The van der Waals surface area contributed by atoms with Crippen molar-refractivity contribution in [1.82, 2.24) is 10.2 Å². The number of amides is 1. The predicted octanol–water partition coefficient (Wildman–Crippen LogP) is 4.24. The molecule has 0 spiro atoms. The van der Waals surface area contributed by atoms with Crippen LogP contribution in [0.3, 0.4) is 0 Å². The number of hydrogen-bond acceptors (Lipinski definition) is 7. The number of benzene rings is 2. The second-order valence-electron chi connectivity index (χ2n) is 10.3. The Morgan fingerprint density at radius 2 is 1.70 bits per heavy atom. The quantitative estimate of drug-likeness (QED) is 0.186. The fraction of sp³-hybridized carbons (Fsp3) is 0.548. The SMILES string of the molecule is COc1ccc(C(=O)CCCCCC(=O)N[C@H](CN2CC[C@H](O)C2)[C@H](O)c2ccc(OCCCCF)cc2)cc1. The van der Waals surface area contributed by atoms with Gasteiger partial charge in [0.2, 0.25) is 5.91 Å². The minimum absolute atomic E-state index is 0.0688. The largest absolute Gasteiger partial charge is 0.497 e. The topological polar surface area (TPSA) is 108 Å². The molecular weight excluding hydrogens is 515 g/mol. The summed E-state index contributed by atoms with van der Waals surface area (Å²) in [5.74, 6) is 1.26. The number of aliphatic hydroxyl groups excluding tert-OH is 2. The highest BCUT2D eigenvalue weighted by Gasteiger charge is 2.29. The number of unbranched alkanes of at least 4 members (excludes halogenated alkanes) is 3. The molecule has 1 aliphatic heterocycles. The van der Waals surface area contributed by atoms with E-state index in [4.69, 9.17) is 9.47 Å². The molecule has 1 aliphatic rings. The first kappa shape index (κ1) is 31.5. The standard InChI is InChI=1S/C31H43FN2O6/c1-39-26-13-9-23(10-14-26)29(36)7-3-2-4-8-30(37)33-28(22-34-19-17-25(35)21-34)31(38)24-11-15-27(16-12-24)40-20-6-5-18-32/h9-16,25,28,31,35,38H,2-8,17-22H2,1H3,(H,33,37)/t25-,28+,31+/m0/s1. The molecule has 0 aromatic heterocycles. The molecule has 220 valence electrons. The zero-order valence-electron chi connectivity index (χ0n) is 23.4. The number of alkyl halides is 1. The molecule has 9 heteroatoms. The van der Waals surface area contributed by atoms with Gasteiger partial charge in [0, 0.05) is 38.0 Å². The molecule has 0 unspecified atom stereocenters. The highest BCUT2D eigenvalue weighted by atomic mass is 19.1. The van der Waals surface area contributed by atoms with Gasteiger partial charge in [-0.05, 0) is 74.1 Å². The Labute approximate surface area is 236 Å². The smallest absolute Gasteiger partial charge is 0.220 e. The number of ketones is 1. The number of aliphatic hydroxyl groups is 2. The van der Waals surface area contributed by atoms with E-state index in [9.17, 15) is 24.2 Å². The molecule has 0 aliphatic carbocycles. The van der Waals surface area contributed by atoms with E-state index in [1.807, 2.05) is 4.90 Å². The maximum absolute atomic E-state index is 12.8. The molecule has 3 rings (SSSR count). The van der Waals surface area contributed by atoms with Crippen LogP contribution in [0.5, 0.6) is 11.5 Å². The molecule has 3 N–H and O–H groups in total. The van der Waals surface area contributed by atoms with Crippen LogP contribution < -0.4 is 14.8 Å². The number of nitrogens with one attached hydrogen (secondary N) is 1. The number of Topliss-reactive ketones (excluding diaryl/α,β-unsaturated/α-hetero) is 1. The summed E-state index contributed by atoms with van der Waals surface area (Å²) in [6.07, 6.45) is 3.22. The minimum atomic E-state index is -0.940. The number of carbonyl (C=O) groups excluding carboxylic acids is 2. The van der Waals surface area contributed by atoms with E-state index in [2.05, 4.69) is 5.32 Å². The summed E-state index contributed by atoms with van der Waals surface area (Å²) in [5.41, 5.74) is 1.30. The number of halogens is 1. The molecular formula is C31H43FN2O6. The van der Waals surface area contributed by atoms with E-state index in [0.29, 0.717) is 93.8 Å². The van der Waals surface area contributed by atoms with Gasteiger partial charge < -0.3 is 25.0 Å². The number of rotatable bonds is 18. The lowest BCUT2D eigenvalue weighted by molar-refractivity contribution is -0.123. The zero-order valence-corrected chi connectivity index (χ0v) is 23.4. The number of likely N-dealkylation sites (tertiary alicyclic amines) is 1. The normalized spacial score (nSPS) is 16.9. The van der Waals surface area contributed by atoms with E-state index in [1.54, 1.807) is 55.6 Å². The van der Waals surface area contributed by atoms with Crippen LogP contribution in [0, 0.1) is 0 Å². The van der Waals surface area contributed by atoms with Gasteiger partial charge in [0.05, 0.1) is 32.5 Å². The van der Waals surface area contributed by atoms with E-state index >= 15 is 0 Å². The van der Waals surface area contributed by atoms with Crippen molar-refractivity contribution in [3.8, 4) is 11.5 Å². The Balaban J connectivity index is 1.47. The molecule has 2 aromatic rings. The summed E-state index contributed by atoms with van der Waals surface area (Å²) in [4.78, 5) is 27.3. The van der Waals surface area contributed by atoms with Crippen LogP contribution >= 0.6 is 0 Å². The van der Waals surface area contributed by atoms with Gasteiger partial charge in [0.25, 0.3) is 0 Å². The average Bonchev–Trinajstić information content (AvgIpc) is 3.39. The summed E-state index contributed by atoms with van der Waals surface area (Å²) in [6.45, 7) is 1.69. The van der Waals surface area contributed by atoms with Gasteiger partial charge in [-0.25, -0.2) is 0 Å². The first-order valence-corrected chi connectivity index (χ1v) is 14.2. The molecule has 0 radical (unpaired) electrons. The third-order valence-electron chi connectivity index (χ3n) is 7.17. The number of ether oxygens (including phenoxy) is 2. The molecule has 40 heavy (non-hydrogen) atoms. The number of methoxy groups -OCH3 is 1. The Morgan fingerprint density at radius 1 is 1.00 bits per heavy atom. The number of carbonyl (C=O) groups is 2. The highest BCUT2D eigenvalue weighted by molar-refractivity contribution is 5.96. The summed E-state index contributed by atoms with van der Waals surface area (Å²) in [7, 11) is 1.58. The number of β-amino-alcohol motifs (C(OH)–C–C–N with tert-alkyl or cyclic N) is 1. The van der Waals surface area contributed by atoms with E-state index in [1.165, 1.54) is 0 Å². The van der Waals surface area contributed by atoms with Crippen LogP contribution in [0.4, 0.5) is 4.39 Å². The van der Waals surface area contributed by atoms with Crippen molar-refractivity contribution in [3.05, 3.63) is 59.7 Å². The molecule has 1 amide bonds. The lowest BCUT2D eigenvalue weighted by Gasteiger charge is -2.29. The fourth-order valence-corrected chi connectivity index (χ4v) is 4.81. The van der Waals surface area contributed by atoms with Crippen molar-refractivity contribution in [2.75, 3.05) is 40.0 Å². The predicted molar refractivity (Wildman–Crippen MR) is 152 cm³/mol. The zero-order chi connectivity index (χ0) is 28.7. The number of hydrogen-bond donors (Lipinski definition) is 3. The van der Waals surface area contributed by atoms with Gasteiger partial charge in [-0.1, -0.05) is 18.6 Å². The lowest BCUT2D eigenvalue weighted by Crippen LogP contribution is -2.47. The molecule has 2 aromatic carbocycles. The summed E-state index contributed by atoms with van der Waals surface area (Å²) in [5, 5.41) is 24.1. The van der Waals surface area contributed by atoms with Crippen LogP contribution in [0.1, 0.15) is 73.4 Å². The maximum atomic E-state index is 12.8. The van der Waals surface area contributed by atoms with Crippen LogP contribution in [0.15, 0.2) is 48.5 Å². The van der Waals surface area contributed by atoms with Gasteiger partial charge in [-0.3, -0.25) is 18.9 Å². The van der Waals surface area contributed by atoms with Crippen LogP contribution in [0.2, 0.25) is 0 Å². The number of nitrogens with zero attached hydrogens (tertiary/aromatic N) is 1. The third kappa shape index (κ3) is 10.5. The molecule has 3 atom stereocenters. The summed E-state index contributed by atoms with van der Waals surface area (Å²) in [6, 6.07) is 13.6. The van der Waals surface area contributed by atoms with Crippen molar-refractivity contribution in [2.24, 2.45) is 0 Å². The molecule has 0 saturated carbocycles. The molecule has 1 heterocycles. The average molecular weight is 559 g/mol. The molecule has 1 fully saturated rings. The summed E-state index contributed by atoms with van der Waals surface area (Å²) >= 11 is 0. The second kappa shape index (κ2) is 16.9. The van der Waals surface area contributed by atoms with Gasteiger partial charge >= 0.3 is 0 Å². The Morgan fingerprint density at radius 3 is 2.35 bits per heavy atom. The first-order valence-electron chi connectivity index (χ1n) is 14.2. The van der Waals surface area contributed by atoms with Crippen molar-refractivity contribution < 1.29 is 33.7 Å². The molecule has 0 bridgehead atoms. The van der Waals surface area contributed by atoms with E-state index in [0.717, 1.165) is 6.42 Å². The van der Waals surface area contributed by atoms with E-state index < -0.39 is 18.2 Å². The first-order chi connectivity index (χ1) is 19.4. The van der Waals surface area contributed by atoms with Gasteiger partial charge in [0.15, 0.2) is 5.78 Å². The Kier molecular flexibility index (Phi) is 13.4. The Bertz CT molecular complexity index is 1030. The van der Waals surface area contributed by atoms with E-state index in [-0.39, 0.29) is 18.4 Å². The maximum Gasteiger partial charge on any atom is 0.220 e. The second-order valence-corrected chi connectivity index (χ2v) is 10.3. The van der Waals surface area contributed by atoms with Gasteiger partial charge in [0.1, 0.15) is 17.6 Å². The van der Waals surface area contributed by atoms with Gasteiger partial charge in [-0.15, -0.1) is 0 Å². The fourth-order valence-electron chi connectivity index (χ4n) is 4.81. The third-order valence-corrected chi connectivity index (χ3v) is 7.17. The van der Waals surface area contributed by atoms with Crippen molar-refractivity contribution in [2.45, 2.75) is 69.6 Å². The minimum Gasteiger partial charge on any atom is -0.497 e. The molecule has 8 nitrogen and oxygen atoms in total.